The van der Waals surface area contributed by atoms with Crippen molar-refractivity contribution in [2.75, 3.05) is 38.3 Å². The van der Waals surface area contributed by atoms with Crippen molar-refractivity contribution >= 4 is 55.3 Å². The molecule has 22 heteroatoms. The van der Waals surface area contributed by atoms with E-state index in [0.717, 1.165) is 43.1 Å². The summed E-state index contributed by atoms with van der Waals surface area (Å²) < 4.78 is 50.9. The fourth-order valence-corrected chi connectivity index (χ4v) is 15.3. The van der Waals surface area contributed by atoms with Crippen LogP contribution in [0.15, 0.2) is 17.1 Å². The van der Waals surface area contributed by atoms with Gasteiger partial charge in [0.25, 0.3) is 0 Å². The average Bonchev–Trinajstić information content (AvgIpc) is 3.42. The van der Waals surface area contributed by atoms with Crippen LogP contribution in [0.1, 0.15) is 97.1 Å². The van der Waals surface area contributed by atoms with Crippen molar-refractivity contribution in [2.45, 2.75) is 167 Å². The number of nitrogens with one attached hydrogen (secondary N) is 2. The summed E-state index contributed by atoms with van der Waals surface area (Å²) in [5.74, 6) is -2.03. The Bertz CT molecular complexity index is 1580. The molecule has 2 heterocycles. The van der Waals surface area contributed by atoms with Crippen molar-refractivity contribution in [2.24, 2.45) is 0 Å². The van der Waals surface area contributed by atoms with Gasteiger partial charge in [-0.1, -0.05) is 57.8 Å². The summed E-state index contributed by atoms with van der Waals surface area (Å²) in [7, 11) is -8.76. The molecule has 1 aromatic rings. The number of Topliss-reactive ketones (excluding diaryl/α,β-unsaturated/α-hetero) is 1. The molecule has 0 spiro atoms. The SMILES string of the molecule is CC(=O)CC(OCCOCCNC(=O)O[C@@H]1[C@H](O)[C@@H](CO[Si](OC2CCCCCCCCCCC2)(O[Si](C)(C)C)O[Si](C)(C)C)O[C@H]1n1ccc(NC(C)=O)nc1=O)C(=O)O. The minimum Gasteiger partial charge on any atom is -0.479 e. The lowest BCUT2D eigenvalue weighted by Crippen LogP contribution is -2.61. The number of aliphatic hydroxyl groups is 1. The lowest BCUT2D eigenvalue weighted by Gasteiger charge is -2.40. The largest absolute Gasteiger partial charge is 0.658 e. The summed E-state index contributed by atoms with van der Waals surface area (Å²) in [6, 6.07) is 1.37. The molecule has 0 radical (unpaired) electrons. The molecule has 1 saturated carbocycles. The van der Waals surface area contributed by atoms with Crippen molar-refractivity contribution in [3.63, 3.8) is 0 Å². The van der Waals surface area contributed by atoms with Crippen LogP contribution in [-0.2, 0) is 50.4 Å². The van der Waals surface area contributed by atoms with Crippen LogP contribution < -0.4 is 16.3 Å². The molecule has 2 fully saturated rings. The minimum atomic E-state index is -3.96. The van der Waals surface area contributed by atoms with E-state index in [9.17, 15) is 34.2 Å². The van der Waals surface area contributed by atoms with E-state index in [1.165, 1.54) is 58.2 Å². The summed E-state index contributed by atoms with van der Waals surface area (Å²) in [5, 5.41) is 26.0. The second-order valence-corrected chi connectivity index (χ2v) is 29.1. The molecule has 1 aliphatic carbocycles. The van der Waals surface area contributed by atoms with Crippen molar-refractivity contribution < 1.29 is 65.4 Å². The van der Waals surface area contributed by atoms with E-state index in [-0.39, 0.29) is 57.1 Å². The number of carboxylic acid groups (broad SMARTS) is 1. The number of hydrogen-bond acceptors (Lipinski definition) is 15. The monoisotopic (exact) mass is 918 g/mol. The quantitative estimate of drug-likeness (QED) is 0.0896. The Morgan fingerprint density at radius 3 is 2.02 bits per heavy atom. The molecule has 1 unspecified atom stereocenters. The van der Waals surface area contributed by atoms with Crippen LogP contribution in [0.4, 0.5) is 10.6 Å². The van der Waals surface area contributed by atoms with Crippen LogP contribution in [0.2, 0.25) is 39.3 Å². The number of carbonyl (C=O) groups excluding carboxylic acids is 3. The molecule has 19 nitrogen and oxygen atoms in total. The van der Waals surface area contributed by atoms with Crippen LogP contribution in [0.25, 0.3) is 0 Å². The Labute approximate surface area is 362 Å². The third-order valence-corrected chi connectivity index (χ3v) is 17.5. The molecule has 1 saturated heterocycles. The highest BCUT2D eigenvalue weighted by molar-refractivity contribution is 6.83. The molecule has 1 aromatic heterocycles. The lowest BCUT2D eigenvalue weighted by atomic mass is 10.00. The van der Waals surface area contributed by atoms with Gasteiger partial charge in [0.2, 0.25) is 5.91 Å². The Balaban J connectivity index is 1.81. The first-order chi connectivity index (χ1) is 28.7. The number of hydrogen-bond donors (Lipinski definition) is 4. The molecule has 2 aliphatic rings. The van der Waals surface area contributed by atoms with Gasteiger partial charge in [0, 0.05) is 26.1 Å². The summed E-state index contributed by atoms with van der Waals surface area (Å²) in [4.78, 5) is 64.6. The number of alkyl carbamates (subject to hydrolysis) is 1. The van der Waals surface area contributed by atoms with Crippen LogP contribution in [0, 0.1) is 0 Å². The van der Waals surface area contributed by atoms with Crippen molar-refractivity contribution in [3.05, 3.63) is 22.7 Å². The van der Waals surface area contributed by atoms with Crippen molar-refractivity contribution in [1.29, 1.82) is 0 Å². The van der Waals surface area contributed by atoms with E-state index in [2.05, 4.69) is 15.6 Å². The zero-order chi connectivity index (χ0) is 45.2. The fourth-order valence-electron chi connectivity index (χ4n) is 6.83. The van der Waals surface area contributed by atoms with E-state index in [1.54, 1.807) is 0 Å². The molecule has 0 aromatic carbocycles. The van der Waals surface area contributed by atoms with E-state index in [1.807, 2.05) is 39.3 Å². The molecule has 348 valence electrons. The van der Waals surface area contributed by atoms with Gasteiger partial charge < -0.3 is 56.9 Å². The summed E-state index contributed by atoms with van der Waals surface area (Å²) >= 11 is 0. The van der Waals surface area contributed by atoms with Crippen LogP contribution in [0.5, 0.6) is 0 Å². The Kier molecular flexibility index (Phi) is 21.8. The molecular formula is C39H70N4O15Si3. The highest BCUT2D eigenvalue weighted by Crippen LogP contribution is 2.34. The van der Waals surface area contributed by atoms with E-state index >= 15 is 0 Å². The number of amides is 2. The maximum atomic E-state index is 13.3. The zero-order valence-electron chi connectivity index (χ0n) is 37.2. The number of carbonyl (C=O) groups is 4. The number of ketones is 1. The maximum Gasteiger partial charge on any atom is 0.658 e. The number of nitrogens with zero attached hydrogens (tertiary/aromatic N) is 2. The van der Waals surface area contributed by atoms with Gasteiger partial charge in [0.15, 0.2) is 35.1 Å². The number of rotatable bonds is 22. The highest BCUT2D eigenvalue weighted by atomic mass is 28.5. The Morgan fingerprint density at radius 1 is 0.902 bits per heavy atom. The normalized spacial score (nSPS) is 21.8. The van der Waals surface area contributed by atoms with Crippen molar-refractivity contribution in [3.8, 4) is 0 Å². The fraction of sp³-hybridized carbons (Fsp3) is 0.795. The van der Waals surface area contributed by atoms with Crippen LogP contribution >= 0.6 is 0 Å². The van der Waals surface area contributed by atoms with Gasteiger partial charge in [-0.05, 0) is 65.1 Å². The Morgan fingerprint density at radius 2 is 1.49 bits per heavy atom. The van der Waals surface area contributed by atoms with E-state index in [4.69, 9.17) is 36.0 Å². The first kappa shape index (κ1) is 52.4. The summed E-state index contributed by atoms with van der Waals surface area (Å²) in [5.41, 5.74) is -0.846. The summed E-state index contributed by atoms with van der Waals surface area (Å²) in [6.07, 6.45) is 5.10. The van der Waals surface area contributed by atoms with Gasteiger partial charge in [0.1, 0.15) is 23.8 Å². The standard InChI is InChI=1S/C39H70N4O15Si3/c1-28(44)26-31(37(47)48)52-25-24-51-23-21-40-39(50)55-35-34(46)32(54-36(35)43-22-20-33(41-29(2)45)42-38(43)49)27-53-61(57-59(3,4)5,58-60(6,7)8)56-30-18-16-14-12-10-9-11-13-15-17-19-30/h20,22,30-32,34-36,46H,9-19,21,23-27H2,1-8H3,(H,40,50)(H,47,48)(H,41,42,45,49)/t31?,32-,34-,35-,36-/m1/s1. The first-order valence-corrected chi connectivity index (χ1v) is 29.9. The summed E-state index contributed by atoms with van der Waals surface area (Å²) in [6.45, 7) is 14.3. The van der Waals surface area contributed by atoms with Crippen molar-refractivity contribution in [1.82, 2.24) is 14.9 Å². The predicted octanol–water partition coefficient (Wildman–Crippen LogP) is 4.87. The maximum absolute atomic E-state index is 13.3. The van der Waals surface area contributed by atoms with Gasteiger partial charge in [0.05, 0.1) is 32.5 Å². The zero-order valence-corrected chi connectivity index (χ0v) is 40.2. The number of ether oxygens (including phenoxy) is 4. The lowest BCUT2D eigenvalue weighted by molar-refractivity contribution is -0.153. The molecule has 5 atom stereocenters. The minimum absolute atomic E-state index is 0.00299. The third kappa shape index (κ3) is 20.0. The highest BCUT2D eigenvalue weighted by Gasteiger charge is 2.55. The molecule has 3 rings (SSSR count). The third-order valence-electron chi connectivity index (χ3n) is 9.42. The second kappa shape index (κ2) is 25.4. The number of aromatic nitrogens is 2. The molecule has 4 N–H and O–H groups in total. The average molecular weight is 919 g/mol. The molecule has 2 amide bonds. The first-order valence-electron chi connectivity index (χ1n) is 21.5. The molecule has 61 heavy (non-hydrogen) atoms. The number of aliphatic carboxylic acids is 1. The molecule has 0 bridgehead atoms. The van der Waals surface area contributed by atoms with Gasteiger partial charge in [-0.3, -0.25) is 14.2 Å². The number of carboxylic acids is 1. The topological polar surface area (TPSA) is 242 Å². The smallest absolute Gasteiger partial charge is 0.479 e. The predicted molar refractivity (Wildman–Crippen MR) is 231 cm³/mol. The van der Waals surface area contributed by atoms with Crippen LogP contribution in [-0.4, -0.2) is 133 Å². The van der Waals surface area contributed by atoms with Gasteiger partial charge in [-0.15, -0.1) is 0 Å². The number of aliphatic hydroxyl groups excluding tert-OH is 1. The van der Waals surface area contributed by atoms with E-state index in [0.29, 0.717) is 0 Å². The second-order valence-electron chi connectivity index (χ2n) is 17.5. The van der Waals surface area contributed by atoms with Crippen LogP contribution in [0.3, 0.4) is 0 Å². The Hall–Kier alpha value is -2.91. The van der Waals surface area contributed by atoms with E-state index < -0.39 is 80.0 Å². The van der Waals surface area contributed by atoms with Gasteiger partial charge >= 0.3 is 26.8 Å². The molecular weight excluding hydrogens is 849 g/mol. The van der Waals surface area contributed by atoms with Gasteiger partial charge in [-0.2, -0.15) is 4.98 Å². The van der Waals surface area contributed by atoms with Gasteiger partial charge in [-0.25, -0.2) is 14.4 Å². The number of anilines is 1. The molecule has 1 aliphatic heterocycles.